The van der Waals surface area contributed by atoms with E-state index in [1.165, 1.54) is 9.35 Å². The Hall–Kier alpha value is 0.490. The van der Waals surface area contributed by atoms with Gasteiger partial charge in [-0.2, -0.15) is 11.8 Å². The van der Waals surface area contributed by atoms with Crippen LogP contribution in [0.1, 0.15) is 4.88 Å². The van der Waals surface area contributed by atoms with Gasteiger partial charge in [0.2, 0.25) is 0 Å². The van der Waals surface area contributed by atoms with E-state index in [0.717, 1.165) is 18.1 Å². The molecule has 0 bridgehead atoms. The first-order valence-corrected chi connectivity index (χ1v) is 6.45. The quantitative estimate of drug-likeness (QED) is 0.756. The van der Waals surface area contributed by atoms with Crippen molar-refractivity contribution in [3.8, 4) is 0 Å². The van der Waals surface area contributed by atoms with Crippen LogP contribution in [0.4, 0.5) is 0 Å². The number of ether oxygens (including phenoxy) is 1. The SMILES string of the molecule is COCCSCc1cc(Br)cs1. The van der Waals surface area contributed by atoms with E-state index in [0.29, 0.717) is 0 Å². The number of thioether (sulfide) groups is 1. The Balaban J connectivity index is 2.15. The summed E-state index contributed by atoms with van der Waals surface area (Å²) in [5.41, 5.74) is 0. The number of hydrogen-bond acceptors (Lipinski definition) is 3. The third kappa shape index (κ3) is 3.94. The second-order valence-electron chi connectivity index (χ2n) is 2.28. The van der Waals surface area contributed by atoms with Gasteiger partial charge in [0.25, 0.3) is 0 Å². The topological polar surface area (TPSA) is 9.23 Å². The number of hydrogen-bond donors (Lipinski definition) is 0. The molecule has 0 amide bonds. The lowest BCUT2D eigenvalue weighted by Gasteiger charge is -1.97. The average molecular weight is 267 g/mol. The zero-order chi connectivity index (χ0) is 8.81. The van der Waals surface area contributed by atoms with Crippen LogP contribution in [0.2, 0.25) is 0 Å². The summed E-state index contributed by atoms with van der Waals surface area (Å²) in [7, 11) is 1.74. The summed E-state index contributed by atoms with van der Waals surface area (Å²) in [5.74, 6) is 2.17. The molecule has 0 radical (unpaired) electrons. The maximum atomic E-state index is 4.96. The fourth-order valence-corrected chi connectivity index (χ4v) is 3.22. The van der Waals surface area contributed by atoms with Crippen molar-refractivity contribution in [2.75, 3.05) is 19.5 Å². The molecule has 0 fully saturated rings. The number of rotatable bonds is 5. The third-order valence-electron chi connectivity index (χ3n) is 1.30. The van der Waals surface area contributed by atoms with E-state index in [2.05, 4.69) is 27.4 Å². The van der Waals surface area contributed by atoms with Crippen molar-refractivity contribution in [1.82, 2.24) is 0 Å². The molecule has 1 aromatic heterocycles. The van der Waals surface area contributed by atoms with Crippen LogP contribution in [0.3, 0.4) is 0 Å². The van der Waals surface area contributed by atoms with Crippen molar-refractivity contribution in [3.05, 3.63) is 20.8 Å². The van der Waals surface area contributed by atoms with Gasteiger partial charge >= 0.3 is 0 Å². The molecule has 0 N–H and O–H groups in total. The number of halogens is 1. The van der Waals surface area contributed by atoms with Gasteiger partial charge in [-0.3, -0.25) is 0 Å². The minimum Gasteiger partial charge on any atom is -0.384 e. The van der Waals surface area contributed by atoms with Crippen LogP contribution in [-0.2, 0) is 10.5 Å². The lowest BCUT2D eigenvalue weighted by atomic mass is 10.5. The summed E-state index contributed by atoms with van der Waals surface area (Å²) in [4.78, 5) is 1.42. The van der Waals surface area contributed by atoms with Gasteiger partial charge in [-0.25, -0.2) is 0 Å². The summed E-state index contributed by atoms with van der Waals surface area (Å²) < 4.78 is 6.15. The lowest BCUT2D eigenvalue weighted by Crippen LogP contribution is -1.91. The van der Waals surface area contributed by atoms with Crippen LogP contribution in [0.15, 0.2) is 15.9 Å². The van der Waals surface area contributed by atoms with Crippen LogP contribution >= 0.6 is 39.0 Å². The molecule has 0 unspecified atom stereocenters. The maximum Gasteiger partial charge on any atom is 0.0553 e. The highest BCUT2D eigenvalue weighted by Crippen LogP contribution is 2.23. The smallest absolute Gasteiger partial charge is 0.0553 e. The van der Waals surface area contributed by atoms with Crippen molar-refractivity contribution in [1.29, 1.82) is 0 Å². The van der Waals surface area contributed by atoms with Gasteiger partial charge in [0.15, 0.2) is 0 Å². The molecule has 1 nitrogen and oxygen atoms in total. The molecule has 0 aliphatic heterocycles. The van der Waals surface area contributed by atoms with Crippen LogP contribution in [0, 0.1) is 0 Å². The summed E-state index contributed by atoms with van der Waals surface area (Å²) >= 11 is 7.14. The first kappa shape index (κ1) is 10.6. The molecule has 1 rings (SSSR count). The van der Waals surface area contributed by atoms with Crippen LogP contribution in [0.25, 0.3) is 0 Å². The van der Waals surface area contributed by atoms with Gasteiger partial charge in [-0.05, 0) is 22.0 Å². The van der Waals surface area contributed by atoms with Gasteiger partial charge in [-0.15, -0.1) is 11.3 Å². The molecule has 0 saturated carbocycles. The Kier molecular flexibility index (Phi) is 5.30. The van der Waals surface area contributed by atoms with Crippen molar-refractivity contribution >= 4 is 39.0 Å². The van der Waals surface area contributed by atoms with Gasteiger partial charge in [-0.1, -0.05) is 0 Å². The molecular formula is C8H11BrOS2. The van der Waals surface area contributed by atoms with Crippen LogP contribution in [0.5, 0.6) is 0 Å². The monoisotopic (exact) mass is 266 g/mol. The molecule has 0 aliphatic rings. The van der Waals surface area contributed by atoms with Gasteiger partial charge in [0.1, 0.15) is 0 Å². The van der Waals surface area contributed by atoms with E-state index in [4.69, 9.17) is 4.74 Å². The van der Waals surface area contributed by atoms with Crippen LogP contribution < -0.4 is 0 Å². The van der Waals surface area contributed by atoms with Crippen LogP contribution in [-0.4, -0.2) is 19.5 Å². The maximum absolute atomic E-state index is 4.96. The first-order valence-electron chi connectivity index (χ1n) is 3.62. The zero-order valence-electron chi connectivity index (χ0n) is 6.88. The molecule has 1 aromatic rings. The second kappa shape index (κ2) is 6.02. The zero-order valence-corrected chi connectivity index (χ0v) is 10.1. The van der Waals surface area contributed by atoms with E-state index in [9.17, 15) is 0 Å². The third-order valence-corrected chi connectivity index (χ3v) is 4.15. The fourth-order valence-electron chi connectivity index (χ4n) is 0.745. The standard InChI is InChI=1S/C8H11BrOS2/c1-10-2-3-11-6-8-4-7(9)5-12-8/h4-5H,2-3,6H2,1H3. The largest absolute Gasteiger partial charge is 0.384 e. The normalized spacial score (nSPS) is 10.5. The molecule has 0 saturated heterocycles. The highest BCUT2D eigenvalue weighted by atomic mass is 79.9. The molecular weight excluding hydrogens is 256 g/mol. The van der Waals surface area contributed by atoms with E-state index >= 15 is 0 Å². The molecule has 4 heteroatoms. The highest BCUT2D eigenvalue weighted by Gasteiger charge is 1.96. The lowest BCUT2D eigenvalue weighted by molar-refractivity contribution is 0.218. The molecule has 68 valence electrons. The van der Waals surface area contributed by atoms with E-state index < -0.39 is 0 Å². The van der Waals surface area contributed by atoms with Crippen molar-refractivity contribution < 1.29 is 4.74 Å². The molecule has 0 spiro atoms. The van der Waals surface area contributed by atoms with E-state index in [1.807, 2.05) is 11.8 Å². The molecule has 0 aliphatic carbocycles. The minimum atomic E-state index is 0.844. The molecule has 0 aromatic carbocycles. The first-order chi connectivity index (χ1) is 5.83. The Morgan fingerprint density at radius 1 is 1.67 bits per heavy atom. The predicted molar refractivity (Wildman–Crippen MR) is 60.1 cm³/mol. The Labute approximate surface area is 89.6 Å². The van der Waals surface area contributed by atoms with Crippen molar-refractivity contribution in [2.45, 2.75) is 5.75 Å². The fraction of sp³-hybridized carbons (Fsp3) is 0.500. The molecule has 0 atom stereocenters. The highest BCUT2D eigenvalue weighted by molar-refractivity contribution is 9.10. The van der Waals surface area contributed by atoms with Gasteiger partial charge in [0, 0.05) is 33.3 Å². The predicted octanol–water partition coefficient (Wildman–Crippen LogP) is 3.39. The summed E-state index contributed by atoms with van der Waals surface area (Å²) in [5, 5.41) is 2.12. The van der Waals surface area contributed by atoms with Gasteiger partial charge < -0.3 is 4.74 Å². The second-order valence-corrected chi connectivity index (χ2v) is 5.29. The average Bonchev–Trinajstić information content (AvgIpc) is 2.45. The van der Waals surface area contributed by atoms with Crippen molar-refractivity contribution in [3.63, 3.8) is 0 Å². The Bertz CT molecular complexity index is 225. The Morgan fingerprint density at radius 2 is 2.50 bits per heavy atom. The summed E-state index contributed by atoms with van der Waals surface area (Å²) in [6.45, 7) is 0.844. The van der Waals surface area contributed by atoms with Crippen molar-refractivity contribution in [2.24, 2.45) is 0 Å². The van der Waals surface area contributed by atoms with Gasteiger partial charge in [0.05, 0.1) is 6.61 Å². The van der Waals surface area contributed by atoms with E-state index in [-0.39, 0.29) is 0 Å². The summed E-state index contributed by atoms with van der Waals surface area (Å²) in [6.07, 6.45) is 0. The molecule has 1 heterocycles. The van der Waals surface area contributed by atoms with E-state index in [1.54, 1.807) is 18.4 Å². The number of methoxy groups -OCH3 is 1. The Morgan fingerprint density at radius 3 is 3.08 bits per heavy atom. The molecule has 12 heavy (non-hydrogen) atoms. The number of thiophene rings is 1. The summed E-state index contributed by atoms with van der Waals surface area (Å²) in [6, 6.07) is 2.17. The minimum absolute atomic E-state index is 0.844.